The number of hydrogen-bond donors (Lipinski definition) is 0. The van der Waals surface area contributed by atoms with Crippen LogP contribution in [0.2, 0.25) is 0 Å². The van der Waals surface area contributed by atoms with Gasteiger partial charge in [0.05, 0.1) is 5.97 Å². The number of piperazine rings is 1. The molecule has 6 atom stereocenters. The average molecular weight is 557 g/mol. The smallest absolute Gasteiger partial charge is 0.545 e. The van der Waals surface area contributed by atoms with E-state index in [1.807, 2.05) is 4.90 Å². The first-order valence-corrected chi connectivity index (χ1v) is 14.9. The molecule has 2 bridgehead atoms. The largest absolute Gasteiger partial charge is 1.00 e. The van der Waals surface area contributed by atoms with E-state index in [-0.39, 0.29) is 68.7 Å². The number of aromatic carboxylic acids is 1. The molecular weight excluding hydrogens is 515 g/mol. The topological polar surface area (TPSA) is 97.8 Å². The first kappa shape index (κ1) is 29.8. The third-order valence-corrected chi connectivity index (χ3v) is 12.1. The van der Waals surface area contributed by atoms with Crippen molar-refractivity contribution in [1.82, 2.24) is 9.80 Å². The fourth-order valence-corrected chi connectivity index (χ4v) is 10.3. The molecular formula is C32H41N2NaO5. The monoisotopic (exact) mass is 556 g/mol. The second kappa shape index (κ2) is 10.2. The number of carboxylic acid groups (broad SMARTS) is 1. The van der Waals surface area contributed by atoms with Gasteiger partial charge >= 0.3 is 29.6 Å². The zero-order chi connectivity index (χ0) is 27.8. The molecule has 8 heteroatoms. The Morgan fingerprint density at radius 3 is 2.15 bits per heavy atom. The van der Waals surface area contributed by atoms with Crippen LogP contribution in [0.1, 0.15) is 99.3 Å². The Bertz CT molecular complexity index is 1240. The van der Waals surface area contributed by atoms with Gasteiger partial charge in [0, 0.05) is 54.6 Å². The average Bonchev–Trinajstić information content (AvgIpc) is 3.10. The van der Waals surface area contributed by atoms with Gasteiger partial charge in [-0.05, 0) is 73.7 Å². The Morgan fingerprint density at radius 2 is 1.48 bits per heavy atom. The predicted molar refractivity (Wildman–Crippen MR) is 144 cm³/mol. The van der Waals surface area contributed by atoms with Crippen molar-refractivity contribution < 1.29 is 53.8 Å². The second-order valence-corrected chi connectivity index (χ2v) is 14.1. The summed E-state index contributed by atoms with van der Waals surface area (Å²) in [6.45, 7) is 8.49. The molecule has 210 valence electrons. The van der Waals surface area contributed by atoms with E-state index in [2.05, 4.69) is 20.8 Å². The fourth-order valence-electron chi connectivity index (χ4n) is 10.3. The molecule has 1 aromatic carbocycles. The third kappa shape index (κ3) is 4.32. The van der Waals surface area contributed by atoms with Crippen LogP contribution in [0, 0.1) is 33.5 Å². The normalized spacial score (nSPS) is 38.6. The number of benzene rings is 1. The zero-order valence-electron chi connectivity index (χ0n) is 24.6. The van der Waals surface area contributed by atoms with Crippen LogP contribution in [0.4, 0.5) is 0 Å². The van der Waals surface area contributed by atoms with Crippen molar-refractivity contribution in [3.05, 3.63) is 35.4 Å². The van der Waals surface area contributed by atoms with E-state index in [1.54, 1.807) is 17.0 Å². The molecule has 0 N–H and O–H groups in total. The molecule has 4 saturated carbocycles. The number of hydrogen-bond acceptors (Lipinski definition) is 5. The summed E-state index contributed by atoms with van der Waals surface area (Å²) in [4.78, 5) is 55.6. The van der Waals surface area contributed by atoms with E-state index in [9.17, 15) is 24.3 Å². The molecule has 4 aliphatic carbocycles. The summed E-state index contributed by atoms with van der Waals surface area (Å²) in [6.07, 6.45) is 8.99. The molecule has 7 nitrogen and oxygen atoms in total. The Balaban J connectivity index is 0.00000323. The maximum absolute atomic E-state index is 14.3. The molecule has 5 fully saturated rings. The van der Waals surface area contributed by atoms with E-state index in [4.69, 9.17) is 0 Å². The molecule has 1 spiro atoms. The molecule has 1 saturated heterocycles. The van der Waals surface area contributed by atoms with Crippen molar-refractivity contribution in [1.29, 1.82) is 0 Å². The summed E-state index contributed by atoms with van der Waals surface area (Å²) in [5.41, 5.74) is -0.337. The van der Waals surface area contributed by atoms with Crippen LogP contribution in [0.25, 0.3) is 0 Å². The summed E-state index contributed by atoms with van der Waals surface area (Å²) < 4.78 is 0. The van der Waals surface area contributed by atoms with Crippen molar-refractivity contribution in [3.8, 4) is 0 Å². The fraction of sp³-hybridized carbons (Fsp3) is 0.688. The molecule has 5 aliphatic rings. The Kier molecular flexibility index (Phi) is 7.62. The number of amides is 2. The van der Waals surface area contributed by atoms with Gasteiger partial charge in [0.15, 0.2) is 0 Å². The number of nitrogens with zero attached hydrogens (tertiary/aromatic N) is 2. The van der Waals surface area contributed by atoms with E-state index in [1.165, 1.54) is 12.1 Å². The van der Waals surface area contributed by atoms with Gasteiger partial charge in [-0.2, -0.15) is 0 Å². The molecule has 1 aromatic rings. The minimum atomic E-state index is -1.36. The maximum atomic E-state index is 14.3. The number of Topliss-reactive ketones (excluding diaryl/α,β-unsaturated/α-hetero) is 1. The summed E-state index contributed by atoms with van der Waals surface area (Å²) in [6, 6.07) is 6.16. The van der Waals surface area contributed by atoms with Gasteiger partial charge in [-0.1, -0.05) is 45.4 Å². The molecule has 1 aliphatic heterocycles. The van der Waals surface area contributed by atoms with Crippen LogP contribution < -0.4 is 34.7 Å². The second-order valence-electron chi connectivity index (χ2n) is 14.1. The number of carbonyl (C=O) groups excluding carboxylic acids is 4. The van der Waals surface area contributed by atoms with Gasteiger partial charge in [-0.3, -0.25) is 14.4 Å². The van der Waals surface area contributed by atoms with Gasteiger partial charge < -0.3 is 19.7 Å². The van der Waals surface area contributed by atoms with Gasteiger partial charge in [0.2, 0.25) is 5.91 Å². The number of carbonyl (C=O) groups is 4. The van der Waals surface area contributed by atoms with Crippen molar-refractivity contribution >= 4 is 23.6 Å². The van der Waals surface area contributed by atoms with Crippen molar-refractivity contribution in [3.63, 3.8) is 0 Å². The number of fused-ring (bicyclic) bond motifs is 3. The van der Waals surface area contributed by atoms with Gasteiger partial charge in [0.1, 0.15) is 5.78 Å². The molecule has 1 heterocycles. The minimum absolute atomic E-state index is 0. The molecule has 0 unspecified atom stereocenters. The number of carboxylic acids is 1. The molecule has 2 amide bonds. The summed E-state index contributed by atoms with van der Waals surface area (Å²) in [5, 5.41) is 11.5. The minimum Gasteiger partial charge on any atom is -0.545 e. The molecule has 6 rings (SSSR count). The van der Waals surface area contributed by atoms with Crippen molar-refractivity contribution in [2.24, 2.45) is 33.5 Å². The van der Waals surface area contributed by atoms with Crippen LogP contribution in [0.3, 0.4) is 0 Å². The summed E-state index contributed by atoms with van der Waals surface area (Å²) in [7, 11) is 0. The van der Waals surface area contributed by atoms with Gasteiger partial charge in [-0.15, -0.1) is 0 Å². The van der Waals surface area contributed by atoms with E-state index in [0.717, 1.165) is 57.8 Å². The van der Waals surface area contributed by atoms with E-state index in [0.29, 0.717) is 43.8 Å². The summed E-state index contributed by atoms with van der Waals surface area (Å²) in [5.74, 6) is -0.201. The quantitative estimate of drug-likeness (QED) is 0.511. The predicted octanol–water partition coefficient (Wildman–Crippen LogP) is 0.711. The number of rotatable bonds is 3. The van der Waals surface area contributed by atoms with Gasteiger partial charge in [-0.25, -0.2) is 0 Å². The van der Waals surface area contributed by atoms with Crippen LogP contribution in [0.15, 0.2) is 24.3 Å². The van der Waals surface area contributed by atoms with Crippen LogP contribution in [0.5, 0.6) is 0 Å². The molecule has 0 aromatic heterocycles. The van der Waals surface area contributed by atoms with Crippen molar-refractivity contribution in [2.75, 3.05) is 26.2 Å². The Hall–Kier alpha value is -1.70. The van der Waals surface area contributed by atoms with Crippen LogP contribution in [-0.2, 0) is 9.59 Å². The Labute approximate surface area is 259 Å². The summed E-state index contributed by atoms with van der Waals surface area (Å²) >= 11 is 0. The first-order chi connectivity index (χ1) is 18.4. The van der Waals surface area contributed by atoms with Crippen molar-refractivity contribution in [2.45, 2.75) is 78.6 Å². The van der Waals surface area contributed by atoms with E-state index < -0.39 is 11.4 Å². The molecule has 40 heavy (non-hydrogen) atoms. The first-order valence-electron chi connectivity index (χ1n) is 14.9. The SMILES string of the molecule is C[C@@]12CC[C@@H]3[C@@](CC[C@H]4[C@@]3(C)CCC[C@@]4(C)C(=O)N3CCN(C(=O)c4ccccc4C(=O)[O-])CC3)(CC1=O)C2.[Na+]. The Morgan fingerprint density at radius 1 is 0.850 bits per heavy atom. The molecule has 0 radical (unpaired) electrons. The standard InChI is InChI=1S/C32H42N2O5.Na/c1-29-13-9-24-30(2)11-6-12-31(3,23(30)10-14-32(24,20-29)19-25(29)35)28(39)34-17-15-33(16-18-34)26(36)21-7-4-5-8-22(21)27(37)38;/h4-5,7-8,23-24H,6,9-20H2,1-3H3,(H,37,38);/q;+1/p-1/t23-,24-,29-,30+,31+,32-;/m0./s1. The zero-order valence-corrected chi connectivity index (χ0v) is 26.6. The van der Waals surface area contributed by atoms with Gasteiger partial charge in [0.25, 0.3) is 5.91 Å². The third-order valence-electron chi connectivity index (χ3n) is 12.1. The van der Waals surface area contributed by atoms with Crippen LogP contribution in [-0.4, -0.2) is 59.5 Å². The number of ketones is 1. The van der Waals surface area contributed by atoms with E-state index >= 15 is 0 Å². The van der Waals surface area contributed by atoms with Crippen LogP contribution >= 0.6 is 0 Å². The maximum Gasteiger partial charge on any atom is 1.00 e.